The van der Waals surface area contributed by atoms with Gasteiger partial charge in [0.05, 0.1) is 11.3 Å². The Morgan fingerprint density at radius 1 is 1.04 bits per heavy atom. The summed E-state index contributed by atoms with van der Waals surface area (Å²) in [5.74, 6) is -1.06. The number of sulfonamides is 1. The van der Waals surface area contributed by atoms with Crippen molar-refractivity contribution in [1.82, 2.24) is 4.72 Å². The highest BCUT2D eigenvalue weighted by atomic mass is 32.2. The van der Waals surface area contributed by atoms with Gasteiger partial charge in [0.2, 0.25) is 10.0 Å². The molecule has 2 aromatic carbocycles. The van der Waals surface area contributed by atoms with Crippen LogP contribution in [-0.4, -0.2) is 19.5 Å². The van der Waals surface area contributed by atoms with Gasteiger partial charge < -0.3 is 5.11 Å². The lowest BCUT2D eigenvalue weighted by molar-refractivity contribution is 0.0696. The van der Waals surface area contributed by atoms with Gasteiger partial charge in [0.15, 0.2) is 0 Å². The highest BCUT2D eigenvalue weighted by Gasteiger charge is 2.15. The molecule has 0 aliphatic carbocycles. The fourth-order valence-corrected chi connectivity index (χ4v) is 3.91. The van der Waals surface area contributed by atoms with Crippen molar-refractivity contribution in [3.05, 3.63) is 69.8 Å². The SMILES string of the molecule is Cc1cc(CNS(=O)(=O)Cc2c(C)cccc2C)ccc1C(=O)O. The van der Waals surface area contributed by atoms with Gasteiger partial charge in [0.1, 0.15) is 0 Å². The van der Waals surface area contributed by atoms with Crippen molar-refractivity contribution in [1.29, 1.82) is 0 Å². The zero-order valence-electron chi connectivity index (χ0n) is 14.0. The Balaban J connectivity index is 2.11. The second kappa shape index (κ2) is 7.15. The van der Waals surface area contributed by atoms with Gasteiger partial charge in [-0.3, -0.25) is 0 Å². The molecule has 0 saturated heterocycles. The van der Waals surface area contributed by atoms with Gasteiger partial charge in [-0.2, -0.15) is 0 Å². The minimum Gasteiger partial charge on any atom is -0.478 e. The van der Waals surface area contributed by atoms with E-state index in [9.17, 15) is 13.2 Å². The molecule has 0 spiro atoms. The highest BCUT2D eigenvalue weighted by molar-refractivity contribution is 7.88. The maximum atomic E-state index is 12.3. The minimum atomic E-state index is -3.48. The van der Waals surface area contributed by atoms with Crippen molar-refractivity contribution in [3.8, 4) is 0 Å². The van der Waals surface area contributed by atoms with Crippen LogP contribution in [0, 0.1) is 20.8 Å². The first-order valence-corrected chi connectivity index (χ1v) is 9.20. The maximum Gasteiger partial charge on any atom is 0.335 e. The lowest BCUT2D eigenvalue weighted by Crippen LogP contribution is -2.25. The smallest absolute Gasteiger partial charge is 0.335 e. The van der Waals surface area contributed by atoms with Crippen LogP contribution in [0.15, 0.2) is 36.4 Å². The number of carbonyl (C=O) groups is 1. The molecule has 0 aliphatic rings. The number of carboxylic acids is 1. The zero-order valence-corrected chi connectivity index (χ0v) is 14.8. The molecule has 2 N–H and O–H groups in total. The molecule has 0 saturated carbocycles. The van der Waals surface area contributed by atoms with E-state index in [1.165, 1.54) is 6.07 Å². The average molecular weight is 347 g/mol. The van der Waals surface area contributed by atoms with Gasteiger partial charge in [0.25, 0.3) is 0 Å². The van der Waals surface area contributed by atoms with E-state index in [1.54, 1.807) is 19.1 Å². The van der Waals surface area contributed by atoms with Gasteiger partial charge in [0, 0.05) is 6.54 Å². The Hall–Kier alpha value is -2.18. The Labute approximate surface area is 142 Å². The van der Waals surface area contributed by atoms with Crippen LogP contribution in [0.3, 0.4) is 0 Å². The summed E-state index contributed by atoms with van der Waals surface area (Å²) < 4.78 is 27.2. The first-order chi connectivity index (χ1) is 11.2. The molecule has 0 bridgehead atoms. The molecule has 0 aliphatic heterocycles. The third-order valence-electron chi connectivity index (χ3n) is 4.00. The van der Waals surface area contributed by atoms with Crippen molar-refractivity contribution in [2.24, 2.45) is 0 Å². The van der Waals surface area contributed by atoms with Crippen LogP contribution >= 0.6 is 0 Å². The van der Waals surface area contributed by atoms with E-state index in [0.717, 1.165) is 22.3 Å². The van der Waals surface area contributed by atoms with Crippen molar-refractivity contribution in [2.75, 3.05) is 0 Å². The Kier molecular flexibility index (Phi) is 5.41. The van der Waals surface area contributed by atoms with Gasteiger partial charge in [-0.25, -0.2) is 17.9 Å². The van der Waals surface area contributed by atoms with E-state index < -0.39 is 16.0 Å². The monoisotopic (exact) mass is 347 g/mol. The summed E-state index contributed by atoms with van der Waals surface area (Å²) in [5.41, 5.74) is 4.25. The third kappa shape index (κ3) is 4.43. The largest absolute Gasteiger partial charge is 0.478 e. The number of benzene rings is 2. The van der Waals surface area contributed by atoms with Gasteiger partial charge in [-0.05, 0) is 54.7 Å². The summed E-state index contributed by atoms with van der Waals surface area (Å²) in [4.78, 5) is 11.0. The van der Waals surface area contributed by atoms with Crippen molar-refractivity contribution in [3.63, 3.8) is 0 Å². The second-order valence-electron chi connectivity index (χ2n) is 5.90. The van der Waals surface area contributed by atoms with Crippen LogP contribution in [0.1, 0.15) is 38.2 Å². The number of aromatic carboxylic acids is 1. The fourth-order valence-electron chi connectivity index (χ4n) is 2.59. The summed E-state index contributed by atoms with van der Waals surface area (Å²) in [6.07, 6.45) is 0. The van der Waals surface area contributed by atoms with Crippen LogP contribution in [0.25, 0.3) is 0 Å². The molecule has 2 aromatic rings. The molecule has 0 fully saturated rings. The van der Waals surface area contributed by atoms with Crippen molar-refractivity contribution >= 4 is 16.0 Å². The number of hydrogen-bond donors (Lipinski definition) is 2. The van der Waals surface area contributed by atoms with E-state index in [0.29, 0.717) is 5.56 Å². The normalized spacial score (nSPS) is 11.5. The molecule has 0 amide bonds. The van der Waals surface area contributed by atoms with Crippen LogP contribution in [-0.2, 0) is 22.3 Å². The molecular formula is C18H21NO4S. The minimum absolute atomic E-state index is 0.0717. The molecular weight excluding hydrogens is 326 g/mol. The maximum absolute atomic E-state index is 12.3. The Morgan fingerprint density at radius 2 is 1.67 bits per heavy atom. The molecule has 0 radical (unpaired) electrons. The summed E-state index contributed by atoms with van der Waals surface area (Å²) in [6.45, 7) is 5.61. The summed E-state index contributed by atoms with van der Waals surface area (Å²) in [5, 5.41) is 9.02. The average Bonchev–Trinajstić information content (AvgIpc) is 2.49. The van der Waals surface area contributed by atoms with E-state index >= 15 is 0 Å². The Bertz CT molecular complexity index is 852. The van der Waals surface area contributed by atoms with Gasteiger partial charge in [-0.1, -0.05) is 30.3 Å². The molecule has 24 heavy (non-hydrogen) atoms. The number of aryl methyl sites for hydroxylation is 3. The molecule has 0 atom stereocenters. The molecule has 0 heterocycles. The summed E-state index contributed by atoms with van der Waals surface area (Å²) in [7, 11) is -3.48. The molecule has 5 nitrogen and oxygen atoms in total. The number of rotatable bonds is 6. The van der Waals surface area contributed by atoms with Crippen LogP contribution < -0.4 is 4.72 Å². The first-order valence-electron chi connectivity index (χ1n) is 7.55. The first kappa shape index (κ1) is 18.2. The second-order valence-corrected chi connectivity index (χ2v) is 7.71. The number of carboxylic acid groups (broad SMARTS) is 1. The molecule has 2 rings (SSSR count). The Morgan fingerprint density at radius 3 is 2.21 bits per heavy atom. The predicted molar refractivity (Wildman–Crippen MR) is 93.5 cm³/mol. The van der Waals surface area contributed by atoms with E-state index in [-0.39, 0.29) is 17.9 Å². The van der Waals surface area contributed by atoms with E-state index in [2.05, 4.69) is 4.72 Å². The number of hydrogen-bond acceptors (Lipinski definition) is 3. The van der Waals surface area contributed by atoms with Crippen LogP contribution in [0.2, 0.25) is 0 Å². The highest BCUT2D eigenvalue weighted by Crippen LogP contribution is 2.17. The third-order valence-corrected chi connectivity index (χ3v) is 5.25. The van der Waals surface area contributed by atoms with Gasteiger partial charge >= 0.3 is 5.97 Å². The topological polar surface area (TPSA) is 83.5 Å². The lowest BCUT2D eigenvalue weighted by atomic mass is 10.1. The molecule has 0 aromatic heterocycles. The van der Waals surface area contributed by atoms with Crippen molar-refractivity contribution < 1.29 is 18.3 Å². The van der Waals surface area contributed by atoms with Crippen LogP contribution in [0.5, 0.6) is 0 Å². The standard InChI is InChI=1S/C18H21NO4S/c1-12-5-4-6-13(2)17(12)11-24(22,23)19-10-15-7-8-16(18(20)21)14(3)9-15/h4-9,19H,10-11H2,1-3H3,(H,20,21). The molecule has 0 unspecified atom stereocenters. The summed E-state index contributed by atoms with van der Waals surface area (Å²) in [6, 6.07) is 10.5. The molecule has 128 valence electrons. The van der Waals surface area contributed by atoms with E-state index in [1.807, 2.05) is 32.0 Å². The van der Waals surface area contributed by atoms with Crippen LogP contribution in [0.4, 0.5) is 0 Å². The zero-order chi connectivity index (χ0) is 17.9. The van der Waals surface area contributed by atoms with Gasteiger partial charge in [-0.15, -0.1) is 0 Å². The summed E-state index contributed by atoms with van der Waals surface area (Å²) >= 11 is 0. The quantitative estimate of drug-likeness (QED) is 0.841. The molecule has 6 heteroatoms. The number of nitrogens with one attached hydrogen (secondary N) is 1. The van der Waals surface area contributed by atoms with E-state index in [4.69, 9.17) is 5.11 Å². The lowest BCUT2D eigenvalue weighted by Gasteiger charge is -2.12. The van der Waals surface area contributed by atoms with Crippen molar-refractivity contribution in [2.45, 2.75) is 33.1 Å². The fraction of sp³-hybridized carbons (Fsp3) is 0.278. The predicted octanol–water partition coefficient (Wildman–Crippen LogP) is 2.93.